The van der Waals surface area contributed by atoms with Crippen molar-refractivity contribution >= 4 is 38.9 Å². The lowest BCUT2D eigenvalue weighted by molar-refractivity contribution is -0.152. The number of hydrogen-bond acceptors (Lipinski definition) is 7. The molecule has 0 aliphatic carbocycles. The molecule has 1 saturated heterocycles. The van der Waals surface area contributed by atoms with Gasteiger partial charge in [0.15, 0.2) is 21.2 Å². The van der Waals surface area contributed by atoms with E-state index in [1.807, 2.05) is 36.1 Å². The third-order valence-corrected chi connectivity index (χ3v) is 9.25. The highest BCUT2D eigenvalue weighted by molar-refractivity contribution is 7.90. The smallest absolute Gasteiger partial charge is 0.343 e. The quantitative estimate of drug-likeness (QED) is 0.363. The number of benzene rings is 3. The lowest BCUT2D eigenvalue weighted by atomic mass is 9.87. The monoisotopic (exact) mass is 608 g/mol. The van der Waals surface area contributed by atoms with Crippen LogP contribution in [0.1, 0.15) is 35.1 Å². The predicted molar refractivity (Wildman–Crippen MR) is 162 cm³/mol. The second kappa shape index (κ2) is 11.6. The van der Waals surface area contributed by atoms with Gasteiger partial charge in [0.2, 0.25) is 5.91 Å². The van der Waals surface area contributed by atoms with Gasteiger partial charge in [0, 0.05) is 29.9 Å². The molecule has 2 N–H and O–H groups in total. The van der Waals surface area contributed by atoms with Gasteiger partial charge in [-0.3, -0.25) is 9.69 Å². The number of aryl methyl sites for hydroxylation is 2. The Balaban J connectivity index is 1.36. The molecule has 8 nitrogen and oxygen atoms in total. The van der Waals surface area contributed by atoms with E-state index in [-0.39, 0.29) is 35.2 Å². The highest BCUT2D eigenvalue weighted by Crippen LogP contribution is 2.44. The molecule has 1 amide bonds. The van der Waals surface area contributed by atoms with Crippen molar-refractivity contribution in [1.29, 1.82) is 0 Å². The average Bonchev–Trinajstić information content (AvgIpc) is 3.17. The number of sulfone groups is 1. The van der Waals surface area contributed by atoms with Gasteiger partial charge in [-0.25, -0.2) is 13.2 Å². The summed E-state index contributed by atoms with van der Waals surface area (Å²) in [5.74, 6) is -0.966. The number of aliphatic hydroxyl groups is 1. The number of piperidine rings is 1. The summed E-state index contributed by atoms with van der Waals surface area (Å²) in [5, 5.41) is 14.7. The topological polar surface area (TPSA) is 113 Å². The number of nitrogens with one attached hydrogen (secondary N) is 1. The van der Waals surface area contributed by atoms with Crippen molar-refractivity contribution < 1.29 is 27.9 Å². The molecule has 2 aliphatic heterocycles. The summed E-state index contributed by atoms with van der Waals surface area (Å²) >= 11 is 6.66. The third kappa shape index (κ3) is 6.09. The number of nitrogens with zero attached hydrogens (tertiary/aromatic N) is 1. The second-order valence-corrected chi connectivity index (χ2v) is 13.6. The van der Waals surface area contributed by atoms with Crippen molar-refractivity contribution in [2.45, 2.75) is 43.7 Å². The summed E-state index contributed by atoms with van der Waals surface area (Å²) in [5.41, 5.74) is 3.28. The molecule has 2 aliphatic rings. The molecule has 0 radical (unpaired) electrons. The van der Waals surface area contributed by atoms with Gasteiger partial charge in [-0.15, -0.1) is 0 Å². The molecular weight excluding hydrogens is 576 g/mol. The van der Waals surface area contributed by atoms with Gasteiger partial charge < -0.3 is 15.2 Å². The number of halogens is 1. The number of esters is 1. The first-order chi connectivity index (χ1) is 19.9. The van der Waals surface area contributed by atoms with E-state index in [4.69, 9.17) is 16.3 Å². The maximum atomic E-state index is 13.2. The Hall–Kier alpha value is -3.66. The molecule has 1 spiro atoms. The van der Waals surface area contributed by atoms with Crippen molar-refractivity contribution in [2.75, 3.05) is 25.9 Å². The van der Waals surface area contributed by atoms with Crippen molar-refractivity contribution in [1.82, 2.24) is 10.2 Å². The molecular formula is C32H33ClN2O6S. The van der Waals surface area contributed by atoms with E-state index in [9.17, 15) is 23.1 Å². The largest absolute Gasteiger partial charge is 0.507 e. The zero-order valence-corrected chi connectivity index (χ0v) is 25.3. The molecule has 5 rings (SSSR count). The molecule has 3 aromatic rings. The van der Waals surface area contributed by atoms with Crippen LogP contribution >= 0.6 is 11.6 Å². The third-order valence-electron chi connectivity index (χ3n) is 7.83. The van der Waals surface area contributed by atoms with Crippen LogP contribution in [0.4, 0.5) is 0 Å². The van der Waals surface area contributed by atoms with Gasteiger partial charge >= 0.3 is 5.97 Å². The summed E-state index contributed by atoms with van der Waals surface area (Å²) in [7, 11) is -3.41. The number of aliphatic hydroxyl groups excluding tert-OH is 1. The van der Waals surface area contributed by atoms with Crippen LogP contribution in [0.3, 0.4) is 0 Å². The molecule has 0 saturated carbocycles. The molecule has 0 aromatic heterocycles. The minimum absolute atomic E-state index is 0.0523. The van der Waals surface area contributed by atoms with Gasteiger partial charge in [-0.05, 0) is 79.8 Å². The Morgan fingerprint density at radius 3 is 2.55 bits per heavy atom. The molecule has 1 unspecified atom stereocenters. The number of carbonyl (C=O) groups is 2. The Bertz CT molecular complexity index is 1700. The number of carbonyl (C=O) groups excluding carboxylic acids is 2. The standard InChI is InChI=1S/C32H33ClN2O6S/c1-20-8-10-22(11-9-20)17-34-28(36)18-35-13-5-12-32(19-35)30(37)29(31(38)41-32)25-16-27(33)26(14-21(25)2)23-6-4-7-24(15-23)42(3,39)40/h4,6-11,14-16,37H,5,12-13,17-19H2,1-3H3,(H,34,36). The van der Waals surface area contributed by atoms with Crippen LogP contribution < -0.4 is 5.32 Å². The number of amides is 1. The fourth-order valence-corrected chi connectivity index (χ4v) is 6.53. The molecule has 10 heteroatoms. The molecule has 1 fully saturated rings. The average molecular weight is 609 g/mol. The van der Waals surface area contributed by atoms with Crippen molar-refractivity contribution in [2.24, 2.45) is 0 Å². The second-order valence-electron chi connectivity index (χ2n) is 11.1. The Labute approximate surface area is 250 Å². The van der Waals surface area contributed by atoms with Gasteiger partial charge in [-0.1, -0.05) is 53.6 Å². The van der Waals surface area contributed by atoms with Crippen LogP contribution in [0.2, 0.25) is 5.02 Å². The van der Waals surface area contributed by atoms with Gasteiger partial charge in [0.1, 0.15) is 5.57 Å². The Kier molecular flexibility index (Phi) is 8.20. The number of rotatable bonds is 7. The van der Waals surface area contributed by atoms with E-state index < -0.39 is 21.4 Å². The first kappa shape index (κ1) is 29.8. The lowest BCUT2D eigenvalue weighted by Gasteiger charge is -2.38. The van der Waals surface area contributed by atoms with Gasteiger partial charge in [-0.2, -0.15) is 0 Å². The first-order valence-electron chi connectivity index (χ1n) is 13.7. The van der Waals surface area contributed by atoms with E-state index in [2.05, 4.69) is 5.32 Å². The van der Waals surface area contributed by atoms with Crippen LogP contribution in [0.15, 0.2) is 71.3 Å². The Morgan fingerprint density at radius 2 is 1.83 bits per heavy atom. The fraction of sp³-hybridized carbons (Fsp3) is 0.312. The predicted octanol–water partition coefficient (Wildman–Crippen LogP) is 5.00. The molecule has 2 heterocycles. The van der Waals surface area contributed by atoms with Gasteiger partial charge in [0.05, 0.1) is 11.4 Å². The first-order valence-corrected chi connectivity index (χ1v) is 16.0. The van der Waals surface area contributed by atoms with E-state index in [0.717, 1.165) is 17.4 Å². The Morgan fingerprint density at radius 1 is 1.10 bits per heavy atom. The van der Waals surface area contributed by atoms with Crippen molar-refractivity contribution in [3.63, 3.8) is 0 Å². The molecule has 42 heavy (non-hydrogen) atoms. The van der Waals surface area contributed by atoms with Crippen LogP contribution in [0, 0.1) is 13.8 Å². The van der Waals surface area contributed by atoms with Gasteiger partial charge in [0.25, 0.3) is 0 Å². The van der Waals surface area contributed by atoms with Crippen LogP contribution in [-0.4, -0.2) is 61.8 Å². The molecule has 220 valence electrons. The molecule has 0 bridgehead atoms. The maximum Gasteiger partial charge on any atom is 0.343 e. The summed E-state index contributed by atoms with van der Waals surface area (Å²) < 4.78 is 30.0. The van der Waals surface area contributed by atoms with E-state index in [1.54, 1.807) is 37.3 Å². The highest BCUT2D eigenvalue weighted by Gasteiger charge is 2.51. The summed E-state index contributed by atoms with van der Waals surface area (Å²) in [4.78, 5) is 28.0. The van der Waals surface area contributed by atoms with E-state index >= 15 is 0 Å². The van der Waals surface area contributed by atoms with Crippen molar-refractivity contribution in [3.8, 4) is 11.1 Å². The number of hydrogen-bond donors (Lipinski definition) is 2. The SMILES string of the molecule is Cc1ccc(CNC(=O)CN2CCCC3(C2)OC(=O)C(c2cc(Cl)c(-c4cccc(S(C)(=O)=O)c4)cc2C)=C3O)cc1. The summed E-state index contributed by atoms with van der Waals surface area (Å²) in [6, 6.07) is 17.8. The zero-order valence-electron chi connectivity index (χ0n) is 23.7. The lowest BCUT2D eigenvalue weighted by Crippen LogP contribution is -2.52. The van der Waals surface area contributed by atoms with E-state index in [0.29, 0.717) is 53.2 Å². The van der Waals surface area contributed by atoms with E-state index in [1.165, 1.54) is 6.07 Å². The van der Waals surface area contributed by atoms with Crippen molar-refractivity contribution in [3.05, 3.63) is 93.7 Å². The highest BCUT2D eigenvalue weighted by atomic mass is 35.5. The van der Waals surface area contributed by atoms with Crippen LogP contribution in [0.5, 0.6) is 0 Å². The minimum Gasteiger partial charge on any atom is -0.507 e. The van der Waals surface area contributed by atoms with Crippen LogP contribution in [-0.2, 0) is 30.7 Å². The number of ether oxygens (including phenoxy) is 1. The van der Waals surface area contributed by atoms with Crippen LogP contribution in [0.25, 0.3) is 16.7 Å². The molecule has 1 atom stereocenters. The molecule has 3 aromatic carbocycles. The number of likely N-dealkylation sites (tertiary alicyclic amines) is 1. The summed E-state index contributed by atoms with van der Waals surface area (Å²) in [6.07, 6.45) is 2.20. The maximum absolute atomic E-state index is 13.2. The normalized spacial score (nSPS) is 19.3. The zero-order chi connectivity index (χ0) is 30.2. The fourth-order valence-electron chi connectivity index (χ4n) is 5.59. The summed E-state index contributed by atoms with van der Waals surface area (Å²) in [6.45, 7) is 5.14. The minimum atomic E-state index is -3.41.